The minimum Gasteiger partial charge on any atom is -0.357 e. The van der Waals surface area contributed by atoms with Gasteiger partial charge in [-0.2, -0.15) is 0 Å². The summed E-state index contributed by atoms with van der Waals surface area (Å²) in [5.41, 5.74) is 0. The van der Waals surface area contributed by atoms with E-state index in [4.69, 9.17) is 9.47 Å². The molecule has 0 aromatic heterocycles. The zero-order valence-corrected chi connectivity index (χ0v) is 11.5. The van der Waals surface area contributed by atoms with Gasteiger partial charge in [0.15, 0.2) is 0 Å². The molecule has 0 amide bonds. The third-order valence-electron chi connectivity index (χ3n) is 2.06. The lowest BCUT2D eigenvalue weighted by Crippen LogP contribution is -2.25. The van der Waals surface area contributed by atoms with Gasteiger partial charge in [-0.15, -0.1) is 0 Å². The van der Waals surface area contributed by atoms with E-state index in [2.05, 4.69) is 20.8 Å². The van der Waals surface area contributed by atoms with Gasteiger partial charge in [0.05, 0.1) is 9.52 Å². The summed E-state index contributed by atoms with van der Waals surface area (Å²) in [4.78, 5) is 0. The number of hydrogen-bond acceptors (Lipinski definition) is 2. The molecule has 0 aliphatic rings. The fourth-order valence-electron chi connectivity index (χ4n) is 1.27. The van der Waals surface area contributed by atoms with Gasteiger partial charge in [0.2, 0.25) is 0 Å². The maximum absolute atomic E-state index is 5.68. The summed E-state index contributed by atoms with van der Waals surface area (Å²) in [5.74, 6) is 0.182. The van der Waals surface area contributed by atoms with E-state index in [1.807, 2.05) is 0 Å². The van der Waals surface area contributed by atoms with Crippen LogP contribution in [0.25, 0.3) is 0 Å². The monoisotopic (exact) mass is 218 g/mol. The molecule has 0 rings (SSSR count). The fraction of sp³-hybridized carbons (Fsp3) is 1.00. The maximum Gasteiger partial charge on any atom is 0.134 e. The third-order valence-corrected chi connectivity index (χ3v) is 3.91. The Hall–Kier alpha value is 0.137. The quantitative estimate of drug-likeness (QED) is 0.319. The van der Waals surface area contributed by atoms with Crippen molar-refractivity contribution in [3.8, 4) is 0 Å². The van der Waals surface area contributed by atoms with E-state index in [9.17, 15) is 0 Å². The standard InChI is InChI=1S/C11H26O2Si/c1-4-7-10-14-11(12-8-5-2)13-9-6-3/h11H,4-10,14H2,1-3H3. The number of ether oxygens (including phenoxy) is 2. The van der Waals surface area contributed by atoms with Crippen LogP contribution in [0.15, 0.2) is 0 Å². The van der Waals surface area contributed by atoms with Crippen LogP contribution in [0.4, 0.5) is 0 Å². The van der Waals surface area contributed by atoms with Crippen LogP contribution in [0.2, 0.25) is 6.04 Å². The van der Waals surface area contributed by atoms with Crippen LogP contribution in [0.3, 0.4) is 0 Å². The fourth-order valence-corrected chi connectivity index (χ4v) is 3.06. The summed E-state index contributed by atoms with van der Waals surface area (Å²) in [5, 5.41) is 0. The van der Waals surface area contributed by atoms with E-state index >= 15 is 0 Å². The van der Waals surface area contributed by atoms with Crippen molar-refractivity contribution in [2.24, 2.45) is 0 Å². The van der Waals surface area contributed by atoms with Crippen LogP contribution in [0, 0.1) is 0 Å². The highest BCUT2D eigenvalue weighted by molar-refractivity contribution is 6.36. The molecule has 0 aliphatic carbocycles. The summed E-state index contributed by atoms with van der Waals surface area (Å²) in [6, 6.07) is 1.36. The van der Waals surface area contributed by atoms with Crippen LogP contribution in [0.5, 0.6) is 0 Å². The molecule has 0 fully saturated rings. The molecule has 0 aromatic carbocycles. The van der Waals surface area contributed by atoms with Gasteiger partial charge < -0.3 is 9.47 Å². The summed E-state index contributed by atoms with van der Waals surface area (Å²) < 4.78 is 11.4. The minimum absolute atomic E-state index is 0.171. The number of rotatable bonds is 10. The lowest BCUT2D eigenvalue weighted by Gasteiger charge is -2.17. The van der Waals surface area contributed by atoms with Crippen LogP contribution in [-0.2, 0) is 9.47 Å². The highest BCUT2D eigenvalue weighted by Crippen LogP contribution is 2.02. The highest BCUT2D eigenvalue weighted by atomic mass is 28.2. The Bertz CT molecular complexity index is 101. The molecule has 0 N–H and O–H groups in total. The van der Waals surface area contributed by atoms with E-state index in [1.165, 1.54) is 18.9 Å². The van der Waals surface area contributed by atoms with Crippen LogP contribution < -0.4 is 0 Å². The van der Waals surface area contributed by atoms with Crippen molar-refractivity contribution in [2.45, 2.75) is 58.4 Å². The topological polar surface area (TPSA) is 18.5 Å². The van der Waals surface area contributed by atoms with E-state index < -0.39 is 0 Å². The molecule has 0 saturated heterocycles. The lowest BCUT2D eigenvalue weighted by atomic mass is 10.4. The Kier molecular flexibility index (Phi) is 11.3. The normalized spacial score (nSPS) is 12.0. The van der Waals surface area contributed by atoms with Crippen molar-refractivity contribution in [3.05, 3.63) is 0 Å². The van der Waals surface area contributed by atoms with Crippen LogP contribution >= 0.6 is 0 Å². The number of unbranched alkanes of at least 4 members (excludes halogenated alkanes) is 1. The maximum atomic E-state index is 5.68. The van der Waals surface area contributed by atoms with E-state index in [0.717, 1.165) is 26.1 Å². The molecule has 0 radical (unpaired) electrons. The average Bonchev–Trinajstić information content (AvgIpc) is 2.21. The van der Waals surface area contributed by atoms with E-state index in [-0.39, 0.29) is 15.4 Å². The second-order valence-corrected chi connectivity index (χ2v) is 5.62. The van der Waals surface area contributed by atoms with Crippen LogP contribution in [0.1, 0.15) is 46.5 Å². The van der Waals surface area contributed by atoms with Gasteiger partial charge in [-0.05, 0) is 12.8 Å². The van der Waals surface area contributed by atoms with Gasteiger partial charge in [0.1, 0.15) is 5.91 Å². The first kappa shape index (κ1) is 14.1. The molecule has 86 valence electrons. The lowest BCUT2D eigenvalue weighted by molar-refractivity contribution is -0.0904. The third kappa shape index (κ3) is 8.72. The van der Waals surface area contributed by atoms with Crippen LogP contribution in [-0.4, -0.2) is 28.6 Å². The molecule has 0 spiro atoms. The van der Waals surface area contributed by atoms with Crippen molar-refractivity contribution < 1.29 is 9.47 Å². The van der Waals surface area contributed by atoms with Crippen molar-refractivity contribution in [1.29, 1.82) is 0 Å². The summed E-state index contributed by atoms with van der Waals surface area (Å²) in [6.45, 7) is 8.24. The molecule has 0 bridgehead atoms. The second-order valence-electron chi connectivity index (χ2n) is 3.67. The van der Waals surface area contributed by atoms with Gasteiger partial charge >= 0.3 is 0 Å². The molecular weight excluding hydrogens is 192 g/mol. The first-order valence-corrected chi connectivity index (χ1v) is 7.89. The van der Waals surface area contributed by atoms with E-state index in [0.29, 0.717) is 0 Å². The first-order chi connectivity index (χ1) is 6.85. The first-order valence-electron chi connectivity index (χ1n) is 6.08. The zero-order valence-electron chi connectivity index (χ0n) is 10.1. The van der Waals surface area contributed by atoms with Crippen molar-refractivity contribution in [1.82, 2.24) is 0 Å². The molecule has 0 aliphatic heterocycles. The Morgan fingerprint density at radius 3 is 1.93 bits per heavy atom. The predicted molar refractivity (Wildman–Crippen MR) is 64.5 cm³/mol. The smallest absolute Gasteiger partial charge is 0.134 e. The molecule has 0 heterocycles. The number of hydrogen-bond donors (Lipinski definition) is 0. The summed E-state index contributed by atoms with van der Waals surface area (Å²) >= 11 is 0. The Balaban J connectivity index is 3.49. The van der Waals surface area contributed by atoms with Gasteiger partial charge in [0, 0.05) is 13.2 Å². The van der Waals surface area contributed by atoms with Gasteiger partial charge in [-0.3, -0.25) is 0 Å². The molecule has 2 nitrogen and oxygen atoms in total. The molecule has 0 saturated carbocycles. The van der Waals surface area contributed by atoms with Crippen molar-refractivity contribution in [3.63, 3.8) is 0 Å². The van der Waals surface area contributed by atoms with Crippen molar-refractivity contribution in [2.75, 3.05) is 13.2 Å². The Morgan fingerprint density at radius 2 is 1.50 bits per heavy atom. The molecule has 0 aromatic rings. The zero-order chi connectivity index (χ0) is 10.6. The molecular formula is C11H26O2Si. The van der Waals surface area contributed by atoms with Gasteiger partial charge in [0.25, 0.3) is 0 Å². The summed E-state index contributed by atoms with van der Waals surface area (Å²) in [7, 11) is -0.171. The van der Waals surface area contributed by atoms with Crippen molar-refractivity contribution >= 4 is 9.52 Å². The van der Waals surface area contributed by atoms with Gasteiger partial charge in [-0.1, -0.05) is 39.7 Å². The molecule has 14 heavy (non-hydrogen) atoms. The highest BCUT2D eigenvalue weighted by Gasteiger charge is 2.08. The molecule has 3 heteroatoms. The SMILES string of the molecule is CCCC[SiH2]C(OCCC)OCCC. The van der Waals surface area contributed by atoms with E-state index in [1.54, 1.807) is 0 Å². The predicted octanol–water partition coefficient (Wildman–Crippen LogP) is 2.51. The Morgan fingerprint density at radius 1 is 0.929 bits per heavy atom. The summed E-state index contributed by atoms with van der Waals surface area (Å²) in [6.07, 6.45) is 4.82. The average molecular weight is 218 g/mol. The largest absolute Gasteiger partial charge is 0.357 e. The second kappa shape index (κ2) is 11.2. The minimum atomic E-state index is -0.171. The van der Waals surface area contributed by atoms with Gasteiger partial charge in [-0.25, -0.2) is 0 Å². The Labute approximate surface area is 91.2 Å². The molecule has 0 atom stereocenters. The molecule has 0 unspecified atom stereocenters.